The lowest BCUT2D eigenvalue weighted by Crippen LogP contribution is -2.38. The second-order valence-electron chi connectivity index (χ2n) is 4.34. The molecule has 0 unspecified atom stereocenters. The Kier molecular flexibility index (Phi) is 3.19. The SMILES string of the molecule is [B]OC=NC1CC(Nc2nc3ccccc3s2)C1. The molecule has 1 aromatic heterocycles. The van der Waals surface area contributed by atoms with Crippen LogP contribution in [0.25, 0.3) is 10.2 Å². The number of aliphatic imine (C=N–C) groups is 1. The Labute approximate surface area is 111 Å². The van der Waals surface area contributed by atoms with E-state index in [1.165, 1.54) is 11.1 Å². The van der Waals surface area contributed by atoms with Crippen molar-refractivity contribution < 1.29 is 4.65 Å². The molecule has 6 heteroatoms. The summed E-state index contributed by atoms with van der Waals surface area (Å²) in [6.07, 6.45) is 3.30. The van der Waals surface area contributed by atoms with Crippen molar-refractivity contribution in [1.82, 2.24) is 4.98 Å². The quantitative estimate of drug-likeness (QED) is 0.519. The Hall–Kier alpha value is -1.56. The fraction of sp³-hybridized carbons (Fsp3) is 0.333. The second-order valence-corrected chi connectivity index (χ2v) is 5.37. The second kappa shape index (κ2) is 4.98. The number of nitrogens with zero attached hydrogens (tertiary/aromatic N) is 2. The van der Waals surface area contributed by atoms with Gasteiger partial charge in [-0.3, -0.25) is 4.99 Å². The molecule has 18 heavy (non-hydrogen) atoms. The van der Waals surface area contributed by atoms with Gasteiger partial charge in [0, 0.05) is 6.04 Å². The first-order valence-electron chi connectivity index (χ1n) is 5.84. The van der Waals surface area contributed by atoms with Gasteiger partial charge in [0.2, 0.25) is 0 Å². The first kappa shape index (κ1) is 11.5. The molecule has 1 saturated carbocycles. The lowest BCUT2D eigenvalue weighted by Gasteiger charge is -2.32. The van der Waals surface area contributed by atoms with E-state index in [4.69, 9.17) is 8.05 Å². The summed E-state index contributed by atoms with van der Waals surface area (Å²) in [5.41, 5.74) is 1.05. The third kappa shape index (κ3) is 2.33. The van der Waals surface area contributed by atoms with Gasteiger partial charge in [0.15, 0.2) is 11.5 Å². The molecule has 4 nitrogen and oxygen atoms in total. The minimum atomic E-state index is 0.320. The highest BCUT2D eigenvalue weighted by Gasteiger charge is 2.29. The molecule has 1 aliphatic rings. The Morgan fingerprint density at radius 1 is 1.44 bits per heavy atom. The highest BCUT2D eigenvalue weighted by molar-refractivity contribution is 7.22. The number of rotatable bonds is 4. The number of benzene rings is 1. The molecule has 0 atom stereocenters. The Balaban J connectivity index is 1.59. The molecular weight excluding hydrogens is 245 g/mol. The fourth-order valence-electron chi connectivity index (χ4n) is 2.06. The van der Waals surface area contributed by atoms with Gasteiger partial charge in [-0.05, 0) is 25.0 Å². The number of thiazole rings is 1. The lowest BCUT2D eigenvalue weighted by atomic mass is 9.87. The molecular formula is C12H12BN3OS. The molecule has 0 saturated heterocycles. The molecule has 0 spiro atoms. The standard InChI is InChI=1S/C12H12BN3OS/c13-17-7-14-8-5-9(6-8)15-12-16-10-3-1-2-4-11(10)18-12/h1-4,7-9H,5-6H2,(H,15,16). The summed E-state index contributed by atoms with van der Waals surface area (Å²) in [4.78, 5) is 8.70. The summed E-state index contributed by atoms with van der Waals surface area (Å²) in [7, 11) is 4.88. The van der Waals surface area contributed by atoms with Crippen LogP contribution in [-0.4, -0.2) is 31.5 Å². The van der Waals surface area contributed by atoms with E-state index in [-0.39, 0.29) is 0 Å². The zero-order chi connectivity index (χ0) is 12.4. The van der Waals surface area contributed by atoms with Gasteiger partial charge in [-0.2, -0.15) is 0 Å². The molecule has 1 aliphatic carbocycles. The number of hydrogen-bond acceptors (Lipinski definition) is 5. The number of fused-ring (bicyclic) bond motifs is 1. The highest BCUT2D eigenvalue weighted by atomic mass is 32.1. The summed E-state index contributed by atoms with van der Waals surface area (Å²) < 4.78 is 5.53. The van der Waals surface area contributed by atoms with Crippen molar-refractivity contribution >= 4 is 41.1 Å². The lowest BCUT2D eigenvalue weighted by molar-refractivity contribution is 0.372. The Bertz CT molecular complexity index is 532. The third-order valence-corrected chi connectivity index (χ3v) is 4.03. The van der Waals surface area contributed by atoms with E-state index >= 15 is 0 Å². The molecule has 1 fully saturated rings. The number of hydrogen-bond donors (Lipinski definition) is 1. The topological polar surface area (TPSA) is 46.5 Å². The molecule has 0 bridgehead atoms. The minimum absolute atomic E-state index is 0.320. The van der Waals surface area contributed by atoms with E-state index in [1.807, 2.05) is 18.2 Å². The van der Waals surface area contributed by atoms with E-state index < -0.39 is 0 Å². The van der Waals surface area contributed by atoms with Gasteiger partial charge in [0.05, 0.1) is 16.3 Å². The van der Waals surface area contributed by atoms with Crippen LogP contribution in [0.4, 0.5) is 5.13 Å². The fourth-order valence-corrected chi connectivity index (χ4v) is 3.00. The maximum absolute atomic E-state index is 4.88. The Morgan fingerprint density at radius 3 is 3.06 bits per heavy atom. The van der Waals surface area contributed by atoms with Crippen LogP contribution >= 0.6 is 11.3 Å². The van der Waals surface area contributed by atoms with Gasteiger partial charge in [0.1, 0.15) is 0 Å². The summed E-state index contributed by atoms with van der Waals surface area (Å²) in [6, 6.07) is 8.93. The van der Waals surface area contributed by atoms with Crippen LogP contribution < -0.4 is 5.32 Å². The van der Waals surface area contributed by atoms with Crippen LogP contribution in [0, 0.1) is 0 Å². The van der Waals surface area contributed by atoms with Crippen molar-refractivity contribution in [2.45, 2.75) is 24.9 Å². The van der Waals surface area contributed by atoms with Gasteiger partial charge in [-0.15, -0.1) is 0 Å². The van der Waals surface area contributed by atoms with Crippen LogP contribution in [0.2, 0.25) is 0 Å². The van der Waals surface area contributed by atoms with Crippen LogP contribution in [-0.2, 0) is 4.65 Å². The van der Waals surface area contributed by atoms with Crippen molar-refractivity contribution in [1.29, 1.82) is 0 Å². The smallest absolute Gasteiger partial charge is 0.375 e. The van der Waals surface area contributed by atoms with Crippen molar-refractivity contribution in [3.63, 3.8) is 0 Å². The molecule has 1 aromatic carbocycles. The third-order valence-electron chi connectivity index (χ3n) is 3.07. The summed E-state index contributed by atoms with van der Waals surface area (Å²) in [6.45, 7) is 0. The first-order valence-corrected chi connectivity index (χ1v) is 6.66. The zero-order valence-electron chi connectivity index (χ0n) is 9.74. The van der Waals surface area contributed by atoms with Crippen LogP contribution in [0.1, 0.15) is 12.8 Å². The van der Waals surface area contributed by atoms with Gasteiger partial charge in [-0.1, -0.05) is 23.5 Å². The van der Waals surface area contributed by atoms with E-state index in [2.05, 4.69) is 26.0 Å². The molecule has 1 N–H and O–H groups in total. The summed E-state index contributed by atoms with van der Waals surface area (Å²) in [5.74, 6) is 0. The maximum Gasteiger partial charge on any atom is 0.375 e. The number of aromatic nitrogens is 1. The van der Waals surface area contributed by atoms with Crippen LogP contribution in [0.15, 0.2) is 29.3 Å². The molecule has 90 valence electrons. The molecule has 3 rings (SSSR count). The van der Waals surface area contributed by atoms with Crippen molar-refractivity contribution in [2.75, 3.05) is 5.32 Å². The molecule has 0 aliphatic heterocycles. The highest BCUT2D eigenvalue weighted by Crippen LogP contribution is 2.31. The minimum Gasteiger partial charge on any atom is -0.560 e. The average Bonchev–Trinajstić information content (AvgIpc) is 2.74. The first-order chi connectivity index (χ1) is 8.85. The average molecular weight is 257 g/mol. The zero-order valence-corrected chi connectivity index (χ0v) is 10.6. The normalized spacial score (nSPS) is 23.1. The van der Waals surface area contributed by atoms with Gasteiger partial charge in [0.25, 0.3) is 0 Å². The molecule has 2 radical (unpaired) electrons. The molecule has 0 amide bonds. The van der Waals surface area contributed by atoms with Crippen LogP contribution in [0.3, 0.4) is 0 Å². The van der Waals surface area contributed by atoms with Crippen molar-refractivity contribution in [2.24, 2.45) is 4.99 Å². The van der Waals surface area contributed by atoms with Gasteiger partial charge >= 0.3 is 8.05 Å². The van der Waals surface area contributed by atoms with Gasteiger partial charge in [-0.25, -0.2) is 4.98 Å². The molecule has 2 aromatic rings. The predicted molar refractivity (Wildman–Crippen MR) is 75.4 cm³/mol. The van der Waals surface area contributed by atoms with Crippen molar-refractivity contribution in [3.8, 4) is 0 Å². The van der Waals surface area contributed by atoms with E-state index in [0.717, 1.165) is 23.5 Å². The largest absolute Gasteiger partial charge is 0.560 e. The van der Waals surface area contributed by atoms with Crippen molar-refractivity contribution in [3.05, 3.63) is 24.3 Å². The van der Waals surface area contributed by atoms with E-state index in [1.54, 1.807) is 11.3 Å². The monoisotopic (exact) mass is 257 g/mol. The number of anilines is 1. The number of nitrogens with one attached hydrogen (secondary N) is 1. The van der Waals surface area contributed by atoms with E-state index in [0.29, 0.717) is 12.1 Å². The summed E-state index contributed by atoms with van der Waals surface area (Å²) in [5, 5.41) is 4.42. The van der Waals surface area contributed by atoms with Gasteiger partial charge < -0.3 is 9.97 Å². The van der Waals surface area contributed by atoms with Crippen LogP contribution in [0.5, 0.6) is 0 Å². The molecule has 1 heterocycles. The maximum atomic E-state index is 4.88. The van der Waals surface area contributed by atoms with E-state index in [9.17, 15) is 0 Å². The Morgan fingerprint density at radius 2 is 2.28 bits per heavy atom. The summed E-state index contributed by atoms with van der Waals surface area (Å²) >= 11 is 1.69. The number of para-hydroxylation sites is 1. The predicted octanol–water partition coefficient (Wildman–Crippen LogP) is 2.37.